The molecule has 25 heavy (non-hydrogen) atoms. The number of hydrogen-bond donors (Lipinski definition) is 2. The third-order valence-corrected chi connectivity index (χ3v) is 5.70. The Kier molecular flexibility index (Phi) is 4.50. The first-order chi connectivity index (χ1) is 12.1. The first-order valence-electron chi connectivity index (χ1n) is 8.86. The maximum absolute atomic E-state index is 12.6. The van der Waals surface area contributed by atoms with E-state index in [9.17, 15) is 9.59 Å². The van der Waals surface area contributed by atoms with Crippen LogP contribution in [0.1, 0.15) is 38.5 Å². The van der Waals surface area contributed by atoms with E-state index >= 15 is 0 Å². The summed E-state index contributed by atoms with van der Waals surface area (Å²) in [5.74, 6) is 0.280. The van der Waals surface area contributed by atoms with Crippen LogP contribution in [-0.4, -0.2) is 34.6 Å². The largest absolute Gasteiger partial charge is 0.353 e. The molecule has 2 amide bonds. The molecule has 1 atom stereocenters. The molecule has 1 saturated carbocycles. The molecule has 0 bridgehead atoms. The van der Waals surface area contributed by atoms with Gasteiger partial charge in [-0.1, -0.05) is 35.2 Å². The molecule has 4 rings (SSSR count). The summed E-state index contributed by atoms with van der Waals surface area (Å²) in [6, 6.07) is 6.06. The van der Waals surface area contributed by atoms with Gasteiger partial charge in [0.1, 0.15) is 0 Å². The van der Waals surface area contributed by atoms with Crippen LogP contribution in [0.4, 0.5) is 5.82 Å². The highest BCUT2D eigenvalue weighted by Crippen LogP contribution is 2.31. The first-order valence-corrected chi connectivity index (χ1v) is 9.65. The lowest BCUT2D eigenvalue weighted by Crippen LogP contribution is -2.40. The second-order valence-electron chi connectivity index (χ2n) is 6.99. The summed E-state index contributed by atoms with van der Waals surface area (Å²) in [5, 5.41) is 11.3. The van der Waals surface area contributed by atoms with Gasteiger partial charge in [0, 0.05) is 28.9 Å². The van der Waals surface area contributed by atoms with Crippen LogP contribution in [0, 0.1) is 5.92 Å². The quantitative estimate of drug-likeness (QED) is 0.824. The summed E-state index contributed by atoms with van der Waals surface area (Å²) in [5.41, 5.74) is 0.868. The smallest absolute Gasteiger partial charge is 0.229 e. The number of benzene rings is 1. The van der Waals surface area contributed by atoms with Crippen molar-refractivity contribution in [2.75, 3.05) is 11.4 Å². The van der Waals surface area contributed by atoms with E-state index in [-0.39, 0.29) is 30.2 Å². The molecule has 1 aliphatic heterocycles. The molecule has 2 N–H and O–H groups in total. The molecule has 2 fully saturated rings. The van der Waals surface area contributed by atoms with Crippen molar-refractivity contribution in [2.45, 2.75) is 44.6 Å². The highest BCUT2D eigenvalue weighted by Gasteiger charge is 2.37. The van der Waals surface area contributed by atoms with Gasteiger partial charge >= 0.3 is 0 Å². The molecule has 1 unspecified atom stereocenters. The highest BCUT2D eigenvalue weighted by atomic mass is 79.9. The van der Waals surface area contributed by atoms with E-state index in [1.54, 1.807) is 4.90 Å². The Morgan fingerprint density at radius 2 is 2.08 bits per heavy atom. The SMILES string of the molecule is O=C(NC1CCCCC1)C1CC(=O)N(c2n[nH]c3cc(Br)ccc23)C1. The Morgan fingerprint density at radius 3 is 2.88 bits per heavy atom. The number of fused-ring (bicyclic) bond motifs is 1. The number of H-pyrrole nitrogens is 1. The number of hydrogen-bond acceptors (Lipinski definition) is 3. The Labute approximate surface area is 154 Å². The van der Waals surface area contributed by atoms with Crippen molar-refractivity contribution in [1.29, 1.82) is 0 Å². The first kappa shape index (κ1) is 16.6. The van der Waals surface area contributed by atoms with Crippen LogP contribution < -0.4 is 10.2 Å². The maximum atomic E-state index is 12.6. The minimum Gasteiger partial charge on any atom is -0.353 e. The molecule has 1 aromatic heterocycles. The molecule has 1 aromatic carbocycles. The van der Waals surface area contributed by atoms with Crippen LogP contribution in [0.25, 0.3) is 10.9 Å². The fraction of sp³-hybridized carbons (Fsp3) is 0.500. The molecule has 2 heterocycles. The Balaban J connectivity index is 1.48. The molecule has 1 saturated heterocycles. The van der Waals surface area contributed by atoms with Gasteiger partial charge in [0.15, 0.2) is 5.82 Å². The van der Waals surface area contributed by atoms with E-state index in [1.165, 1.54) is 19.3 Å². The van der Waals surface area contributed by atoms with Gasteiger partial charge in [-0.15, -0.1) is 0 Å². The van der Waals surface area contributed by atoms with Crippen molar-refractivity contribution in [1.82, 2.24) is 15.5 Å². The van der Waals surface area contributed by atoms with Crippen molar-refractivity contribution in [3.63, 3.8) is 0 Å². The molecule has 132 valence electrons. The van der Waals surface area contributed by atoms with Gasteiger partial charge in [0.05, 0.1) is 11.4 Å². The van der Waals surface area contributed by atoms with Crippen LogP contribution >= 0.6 is 15.9 Å². The summed E-state index contributed by atoms with van der Waals surface area (Å²) in [6.07, 6.45) is 5.96. The maximum Gasteiger partial charge on any atom is 0.229 e. The molecule has 2 aromatic rings. The summed E-state index contributed by atoms with van der Waals surface area (Å²) in [6.45, 7) is 0.396. The zero-order chi connectivity index (χ0) is 17.4. The monoisotopic (exact) mass is 404 g/mol. The number of halogens is 1. The fourth-order valence-electron chi connectivity index (χ4n) is 3.84. The van der Waals surface area contributed by atoms with Crippen molar-refractivity contribution in [3.05, 3.63) is 22.7 Å². The summed E-state index contributed by atoms with van der Waals surface area (Å²) in [4.78, 5) is 26.7. The van der Waals surface area contributed by atoms with Crippen molar-refractivity contribution < 1.29 is 9.59 Å². The van der Waals surface area contributed by atoms with Gasteiger partial charge in [-0.05, 0) is 31.0 Å². The number of amides is 2. The Hall–Kier alpha value is -1.89. The fourth-order valence-corrected chi connectivity index (χ4v) is 4.20. The standard InChI is InChI=1S/C18H21BrN4O2/c19-12-6-7-14-15(9-12)21-22-17(14)23-10-11(8-16(23)24)18(25)20-13-4-2-1-3-5-13/h6-7,9,11,13H,1-5,8,10H2,(H,20,25)(H,21,22). The van der Waals surface area contributed by atoms with Gasteiger partial charge in [-0.25, -0.2) is 0 Å². The zero-order valence-corrected chi connectivity index (χ0v) is 15.5. The minimum atomic E-state index is -0.295. The molecule has 2 aliphatic rings. The summed E-state index contributed by atoms with van der Waals surface area (Å²) >= 11 is 3.43. The van der Waals surface area contributed by atoms with Gasteiger partial charge in [0.2, 0.25) is 11.8 Å². The molecule has 1 aliphatic carbocycles. The summed E-state index contributed by atoms with van der Waals surface area (Å²) < 4.78 is 0.952. The van der Waals surface area contributed by atoms with Crippen LogP contribution in [0.3, 0.4) is 0 Å². The highest BCUT2D eigenvalue weighted by molar-refractivity contribution is 9.10. The normalized spacial score (nSPS) is 21.9. The second kappa shape index (κ2) is 6.78. The van der Waals surface area contributed by atoms with Crippen molar-refractivity contribution in [2.24, 2.45) is 5.92 Å². The number of aromatic amines is 1. The van der Waals surface area contributed by atoms with Gasteiger partial charge in [-0.2, -0.15) is 5.10 Å². The lowest BCUT2D eigenvalue weighted by atomic mass is 9.95. The Morgan fingerprint density at radius 1 is 1.28 bits per heavy atom. The molecule has 6 nitrogen and oxygen atoms in total. The number of nitrogens with one attached hydrogen (secondary N) is 2. The lowest BCUT2D eigenvalue weighted by molar-refractivity contribution is -0.127. The van der Waals surface area contributed by atoms with E-state index in [0.717, 1.165) is 28.2 Å². The van der Waals surface area contributed by atoms with Crippen molar-refractivity contribution in [3.8, 4) is 0 Å². The van der Waals surface area contributed by atoms with Gasteiger partial charge in [0.25, 0.3) is 0 Å². The van der Waals surface area contributed by atoms with Gasteiger partial charge in [-0.3, -0.25) is 19.6 Å². The zero-order valence-electron chi connectivity index (χ0n) is 13.9. The van der Waals surface area contributed by atoms with Crippen LogP contribution in [0.2, 0.25) is 0 Å². The molecule has 0 spiro atoms. The molecule has 0 radical (unpaired) electrons. The van der Waals surface area contributed by atoms with Crippen LogP contribution in [0.15, 0.2) is 22.7 Å². The lowest BCUT2D eigenvalue weighted by Gasteiger charge is -2.24. The molecular formula is C18H21BrN4O2. The van der Waals surface area contributed by atoms with E-state index < -0.39 is 0 Å². The Bertz CT molecular complexity index is 813. The number of nitrogens with zero attached hydrogens (tertiary/aromatic N) is 2. The topological polar surface area (TPSA) is 78.1 Å². The second-order valence-corrected chi connectivity index (χ2v) is 7.90. The van der Waals surface area contributed by atoms with E-state index in [0.29, 0.717) is 12.4 Å². The van der Waals surface area contributed by atoms with Crippen molar-refractivity contribution >= 4 is 44.5 Å². The van der Waals surface area contributed by atoms with E-state index in [4.69, 9.17) is 0 Å². The average molecular weight is 405 g/mol. The van der Waals surface area contributed by atoms with Gasteiger partial charge < -0.3 is 5.32 Å². The third kappa shape index (κ3) is 3.29. The summed E-state index contributed by atoms with van der Waals surface area (Å²) in [7, 11) is 0. The van der Waals surface area contributed by atoms with E-state index in [2.05, 4.69) is 31.4 Å². The molecular weight excluding hydrogens is 384 g/mol. The number of carbonyl (C=O) groups excluding carboxylic acids is 2. The molecule has 7 heteroatoms. The minimum absolute atomic E-state index is 0.00494. The number of anilines is 1. The predicted octanol–water partition coefficient (Wildman–Crippen LogP) is 3.13. The van der Waals surface area contributed by atoms with Crippen LogP contribution in [-0.2, 0) is 9.59 Å². The predicted molar refractivity (Wildman–Crippen MR) is 99.3 cm³/mol. The number of rotatable bonds is 3. The van der Waals surface area contributed by atoms with Crippen LogP contribution in [0.5, 0.6) is 0 Å². The number of carbonyl (C=O) groups is 2. The average Bonchev–Trinajstić information content (AvgIpc) is 3.18. The number of aromatic nitrogens is 2. The third-order valence-electron chi connectivity index (χ3n) is 5.21. The van der Waals surface area contributed by atoms with E-state index in [1.807, 2.05) is 18.2 Å².